The molecule has 1 fully saturated rings. The standard InChI is InChI=1S/C19H22N2O2/c1-13-7-9-15(10-8-13)18(17-14(2)5-3-11-20-17)21-12-4-6-16(21)19(22)23/h3,5,7-11,16,18H,4,6,12H2,1-2H3,(H,22,23). The van der Waals surface area contributed by atoms with E-state index in [2.05, 4.69) is 41.1 Å². The zero-order valence-corrected chi connectivity index (χ0v) is 13.6. The zero-order valence-electron chi connectivity index (χ0n) is 13.6. The molecule has 1 saturated heterocycles. The van der Waals surface area contributed by atoms with Crippen LogP contribution in [0, 0.1) is 13.8 Å². The van der Waals surface area contributed by atoms with Crippen molar-refractivity contribution < 1.29 is 9.90 Å². The zero-order chi connectivity index (χ0) is 16.4. The van der Waals surface area contributed by atoms with Crippen LogP contribution in [0.5, 0.6) is 0 Å². The van der Waals surface area contributed by atoms with E-state index >= 15 is 0 Å². The Labute approximate surface area is 136 Å². The molecule has 0 saturated carbocycles. The van der Waals surface area contributed by atoms with Crippen LogP contribution in [-0.4, -0.2) is 33.5 Å². The molecule has 4 heteroatoms. The van der Waals surface area contributed by atoms with E-state index < -0.39 is 12.0 Å². The minimum Gasteiger partial charge on any atom is -0.480 e. The topological polar surface area (TPSA) is 53.4 Å². The number of carboxylic acids is 1. The van der Waals surface area contributed by atoms with Crippen molar-refractivity contribution in [3.05, 3.63) is 65.0 Å². The van der Waals surface area contributed by atoms with E-state index in [1.807, 2.05) is 19.1 Å². The number of pyridine rings is 1. The quantitative estimate of drug-likeness (QED) is 0.941. The monoisotopic (exact) mass is 310 g/mol. The molecule has 0 amide bonds. The number of aliphatic carboxylic acids is 1. The van der Waals surface area contributed by atoms with Crippen LogP contribution in [-0.2, 0) is 4.79 Å². The number of hydrogen-bond donors (Lipinski definition) is 1. The lowest BCUT2D eigenvalue weighted by Crippen LogP contribution is -2.39. The van der Waals surface area contributed by atoms with Crippen LogP contribution in [0.15, 0.2) is 42.6 Å². The maximum atomic E-state index is 11.7. The van der Waals surface area contributed by atoms with Crippen molar-refractivity contribution >= 4 is 5.97 Å². The molecule has 0 bridgehead atoms. The fourth-order valence-electron chi connectivity index (χ4n) is 3.40. The summed E-state index contributed by atoms with van der Waals surface area (Å²) in [5.41, 5.74) is 4.34. The van der Waals surface area contributed by atoms with Gasteiger partial charge in [0.05, 0.1) is 11.7 Å². The second-order valence-corrected chi connectivity index (χ2v) is 6.25. The molecule has 2 aromatic rings. The summed E-state index contributed by atoms with van der Waals surface area (Å²) in [6.45, 7) is 4.88. The molecule has 3 rings (SSSR count). The number of carbonyl (C=O) groups is 1. The molecule has 2 unspecified atom stereocenters. The summed E-state index contributed by atoms with van der Waals surface area (Å²) in [5.74, 6) is -0.742. The summed E-state index contributed by atoms with van der Waals surface area (Å²) in [6.07, 6.45) is 3.39. The molecule has 0 radical (unpaired) electrons. The van der Waals surface area contributed by atoms with Gasteiger partial charge < -0.3 is 5.11 Å². The number of likely N-dealkylation sites (tertiary alicyclic amines) is 1. The van der Waals surface area contributed by atoms with Crippen LogP contribution >= 0.6 is 0 Å². The van der Waals surface area contributed by atoms with E-state index in [0.29, 0.717) is 6.42 Å². The molecule has 23 heavy (non-hydrogen) atoms. The Morgan fingerprint density at radius 3 is 2.65 bits per heavy atom. The molecule has 2 atom stereocenters. The summed E-state index contributed by atoms with van der Waals surface area (Å²) >= 11 is 0. The average Bonchev–Trinajstić information content (AvgIpc) is 3.01. The normalized spacial score (nSPS) is 19.7. The lowest BCUT2D eigenvalue weighted by Gasteiger charge is -2.32. The van der Waals surface area contributed by atoms with Gasteiger partial charge in [-0.2, -0.15) is 0 Å². The minimum absolute atomic E-state index is 0.111. The van der Waals surface area contributed by atoms with Crippen molar-refractivity contribution in [2.24, 2.45) is 0 Å². The van der Waals surface area contributed by atoms with Crippen LogP contribution < -0.4 is 0 Å². The van der Waals surface area contributed by atoms with Gasteiger partial charge >= 0.3 is 5.97 Å². The molecule has 1 aromatic carbocycles. The lowest BCUT2D eigenvalue weighted by atomic mass is 9.96. The molecule has 120 valence electrons. The summed E-state index contributed by atoms with van der Waals surface area (Å²) in [7, 11) is 0. The number of benzene rings is 1. The number of aryl methyl sites for hydroxylation is 2. The molecule has 1 aromatic heterocycles. The van der Waals surface area contributed by atoms with Gasteiger partial charge in [-0.3, -0.25) is 14.7 Å². The smallest absolute Gasteiger partial charge is 0.320 e. The maximum Gasteiger partial charge on any atom is 0.320 e. The summed E-state index contributed by atoms with van der Waals surface area (Å²) in [6, 6.07) is 11.7. The number of carboxylic acid groups (broad SMARTS) is 1. The summed E-state index contributed by atoms with van der Waals surface area (Å²) in [5, 5.41) is 9.58. The highest BCUT2D eigenvalue weighted by Gasteiger charge is 2.37. The van der Waals surface area contributed by atoms with E-state index in [1.165, 1.54) is 5.56 Å². The SMILES string of the molecule is Cc1ccc(C(c2ncccc2C)N2CCCC2C(=O)O)cc1. The number of aromatic nitrogens is 1. The highest BCUT2D eigenvalue weighted by Crippen LogP contribution is 2.35. The lowest BCUT2D eigenvalue weighted by molar-refractivity contribution is -0.142. The summed E-state index contributed by atoms with van der Waals surface area (Å²) in [4.78, 5) is 18.3. The van der Waals surface area contributed by atoms with Crippen LogP contribution in [0.2, 0.25) is 0 Å². The van der Waals surface area contributed by atoms with Gasteiger partial charge in [0.1, 0.15) is 6.04 Å². The van der Waals surface area contributed by atoms with Crippen molar-refractivity contribution in [3.8, 4) is 0 Å². The minimum atomic E-state index is -0.742. The number of nitrogens with zero attached hydrogens (tertiary/aromatic N) is 2. The van der Waals surface area contributed by atoms with Gasteiger partial charge in [-0.25, -0.2) is 0 Å². The molecule has 1 aliphatic heterocycles. The molecule has 2 heterocycles. The largest absolute Gasteiger partial charge is 0.480 e. The molecular weight excluding hydrogens is 288 g/mol. The van der Waals surface area contributed by atoms with Crippen LogP contribution in [0.25, 0.3) is 0 Å². The van der Waals surface area contributed by atoms with Gasteiger partial charge in [-0.15, -0.1) is 0 Å². The fraction of sp³-hybridized carbons (Fsp3) is 0.368. The van der Waals surface area contributed by atoms with E-state index in [9.17, 15) is 9.90 Å². The third kappa shape index (κ3) is 3.13. The van der Waals surface area contributed by atoms with E-state index in [-0.39, 0.29) is 6.04 Å². The third-order valence-electron chi connectivity index (χ3n) is 4.61. The molecule has 1 aliphatic rings. The summed E-state index contributed by atoms with van der Waals surface area (Å²) < 4.78 is 0. The van der Waals surface area contributed by atoms with Gasteiger partial charge in [-0.1, -0.05) is 35.9 Å². The first kappa shape index (κ1) is 15.7. The maximum absolute atomic E-state index is 11.7. The Bertz CT molecular complexity index is 697. The second-order valence-electron chi connectivity index (χ2n) is 6.25. The molecule has 4 nitrogen and oxygen atoms in total. The predicted molar refractivity (Wildman–Crippen MR) is 89.4 cm³/mol. The predicted octanol–water partition coefficient (Wildman–Crippen LogP) is 3.34. The molecular formula is C19H22N2O2. The van der Waals surface area contributed by atoms with Gasteiger partial charge in [-0.05, 0) is 43.9 Å². The highest BCUT2D eigenvalue weighted by atomic mass is 16.4. The van der Waals surface area contributed by atoms with E-state index in [0.717, 1.165) is 29.8 Å². The first-order valence-corrected chi connectivity index (χ1v) is 8.04. The Hall–Kier alpha value is -2.20. The van der Waals surface area contributed by atoms with Gasteiger partial charge in [0.2, 0.25) is 0 Å². The van der Waals surface area contributed by atoms with Crippen molar-refractivity contribution in [2.45, 2.75) is 38.8 Å². The molecule has 0 aliphatic carbocycles. The van der Waals surface area contributed by atoms with Crippen LogP contribution in [0.4, 0.5) is 0 Å². The fourth-order valence-corrected chi connectivity index (χ4v) is 3.40. The Morgan fingerprint density at radius 1 is 1.26 bits per heavy atom. The van der Waals surface area contributed by atoms with E-state index in [1.54, 1.807) is 6.20 Å². The van der Waals surface area contributed by atoms with E-state index in [4.69, 9.17) is 0 Å². The van der Waals surface area contributed by atoms with Crippen molar-refractivity contribution in [2.75, 3.05) is 6.54 Å². The highest BCUT2D eigenvalue weighted by molar-refractivity contribution is 5.74. The Morgan fingerprint density at radius 2 is 2.00 bits per heavy atom. The first-order chi connectivity index (χ1) is 11.1. The average molecular weight is 310 g/mol. The Balaban J connectivity index is 2.08. The molecule has 1 N–H and O–H groups in total. The number of rotatable bonds is 4. The van der Waals surface area contributed by atoms with Crippen molar-refractivity contribution in [1.82, 2.24) is 9.88 Å². The third-order valence-corrected chi connectivity index (χ3v) is 4.61. The Kier molecular flexibility index (Phi) is 4.44. The van der Waals surface area contributed by atoms with Crippen LogP contribution in [0.3, 0.4) is 0 Å². The van der Waals surface area contributed by atoms with Crippen molar-refractivity contribution in [3.63, 3.8) is 0 Å². The van der Waals surface area contributed by atoms with Gasteiger partial charge in [0.25, 0.3) is 0 Å². The second kappa shape index (κ2) is 6.50. The number of hydrogen-bond acceptors (Lipinski definition) is 3. The van der Waals surface area contributed by atoms with Gasteiger partial charge in [0, 0.05) is 12.7 Å². The van der Waals surface area contributed by atoms with Gasteiger partial charge in [0.15, 0.2) is 0 Å². The first-order valence-electron chi connectivity index (χ1n) is 8.04. The van der Waals surface area contributed by atoms with Crippen LogP contribution in [0.1, 0.15) is 41.3 Å². The molecule has 0 spiro atoms. The van der Waals surface area contributed by atoms with Crippen molar-refractivity contribution in [1.29, 1.82) is 0 Å².